The molecular formula is C17H20N2O2. The third-order valence-electron chi connectivity index (χ3n) is 3.56. The van der Waals surface area contributed by atoms with E-state index in [1.807, 2.05) is 26.8 Å². The third kappa shape index (κ3) is 2.99. The number of ether oxygens (including phenoxy) is 1. The summed E-state index contributed by atoms with van der Waals surface area (Å²) in [5, 5.41) is 2.61. The molecule has 0 aliphatic rings. The van der Waals surface area contributed by atoms with Crippen LogP contribution in [-0.2, 0) is 0 Å². The van der Waals surface area contributed by atoms with Crippen molar-refractivity contribution in [2.24, 2.45) is 0 Å². The number of nitrogens with two attached hydrogens (primary N) is 1. The second kappa shape index (κ2) is 5.87. The second-order valence-corrected chi connectivity index (χ2v) is 5.09. The molecule has 2 rings (SSSR count). The number of aryl methyl sites for hydroxylation is 2. The maximum absolute atomic E-state index is 11.9. The monoisotopic (exact) mass is 284 g/mol. The summed E-state index contributed by atoms with van der Waals surface area (Å²) in [6.07, 6.45) is 0. The minimum Gasteiger partial charge on any atom is -0.456 e. The summed E-state index contributed by atoms with van der Waals surface area (Å²) in [4.78, 5) is 11.9. The summed E-state index contributed by atoms with van der Waals surface area (Å²) in [5.74, 6) is 1.03. The highest BCUT2D eigenvalue weighted by Gasteiger charge is 2.15. The molecule has 0 saturated heterocycles. The van der Waals surface area contributed by atoms with E-state index in [1.54, 1.807) is 25.2 Å². The lowest BCUT2D eigenvalue weighted by Gasteiger charge is -2.16. The van der Waals surface area contributed by atoms with Gasteiger partial charge in [-0.15, -0.1) is 0 Å². The molecule has 0 heterocycles. The Hall–Kier alpha value is -2.49. The van der Waals surface area contributed by atoms with Crippen molar-refractivity contribution in [3.63, 3.8) is 0 Å². The van der Waals surface area contributed by atoms with E-state index < -0.39 is 0 Å². The van der Waals surface area contributed by atoms with Crippen LogP contribution in [0.3, 0.4) is 0 Å². The Bertz CT molecular complexity index is 693. The van der Waals surface area contributed by atoms with Crippen LogP contribution in [0.15, 0.2) is 30.3 Å². The van der Waals surface area contributed by atoms with Crippen LogP contribution in [0, 0.1) is 20.8 Å². The Labute approximate surface area is 124 Å². The lowest BCUT2D eigenvalue weighted by Crippen LogP contribution is -2.18. The molecule has 4 heteroatoms. The number of benzene rings is 2. The number of hydrogen-bond donors (Lipinski definition) is 2. The molecule has 0 aromatic heterocycles. The van der Waals surface area contributed by atoms with Crippen molar-refractivity contribution >= 4 is 11.6 Å². The molecule has 0 bridgehead atoms. The Morgan fingerprint density at radius 2 is 1.76 bits per heavy atom. The van der Waals surface area contributed by atoms with Gasteiger partial charge in [0.15, 0.2) is 0 Å². The zero-order valence-electron chi connectivity index (χ0n) is 12.8. The van der Waals surface area contributed by atoms with Gasteiger partial charge in [0.25, 0.3) is 5.91 Å². The van der Waals surface area contributed by atoms with E-state index in [4.69, 9.17) is 10.5 Å². The van der Waals surface area contributed by atoms with E-state index in [1.165, 1.54) is 0 Å². The van der Waals surface area contributed by atoms with E-state index in [0.717, 1.165) is 22.4 Å². The highest BCUT2D eigenvalue weighted by atomic mass is 16.5. The Balaban J connectivity index is 2.51. The van der Waals surface area contributed by atoms with Crippen LogP contribution in [0.4, 0.5) is 5.69 Å². The molecule has 4 nitrogen and oxygen atoms in total. The van der Waals surface area contributed by atoms with E-state index in [0.29, 0.717) is 17.0 Å². The van der Waals surface area contributed by atoms with Crippen molar-refractivity contribution in [3.8, 4) is 11.5 Å². The molecular weight excluding hydrogens is 264 g/mol. The quantitative estimate of drug-likeness (QED) is 0.850. The number of nitrogen functional groups attached to an aromatic ring is 1. The van der Waals surface area contributed by atoms with Gasteiger partial charge < -0.3 is 15.8 Å². The molecule has 0 radical (unpaired) electrons. The fourth-order valence-electron chi connectivity index (χ4n) is 2.14. The molecule has 0 aliphatic heterocycles. The highest BCUT2D eigenvalue weighted by Crippen LogP contribution is 2.33. The number of hydrogen-bond acceptors (Lipinski definition) is 3. The number of carbonyl (C=O) groups excluding carboxylic acids is 1. The van der Waals surface area contributed by atoms with Crippen molar-refractivity contribution in [2.75, 3.05) is 12.8 Å². The average molecular weight is 284 g/mol. The first-order valence-corrected chi connectivity index (χ1v) is 6.80. The van der Waals surface area contributed by atoms with E-state index in [2.05, 4.69) is 11.4 Å². The summed E-state index contributed by atoms with van der Waals surface area (Å²) in [6.45, 7) is 6.01. The Kier molecular flexibility index (Phi) is 4.17. The van der Waals surface area contributed by atoms with Crippen LogP contribution in [0.5, 0.6) is 11.5 Å². The van der Waals surface area contributed by atoms with Crippen molar-refractivity contribution in [1.29, 1.82) is 0 Å². The molecule has 0 unspecified atom stereocenters. The summed E-state index contributed by atoms with van der Waals surface area (Å²) in [5.41, 5.74) is 10.1. The number of carbonyl (C=O) groups is 1. The molecule has 0 fully saturated rings. The average Bonchev–Trinajstić information content (AvgIpc) is 2.47. The van der Waals surface area contributed by atoms with Gasteiger partial charge in [-0.3, -0.25) is 4.79 Å². The first kappa shape index (κ1) is 14.9. The molecule has 0 atom stereocenters. The van der Waals surface area contributed by atoms with Crippen molar-refractivity contribution in [1.82, 2.24) is 5.32 Å². The van der Waals surface area contributed by atoms with Gasteiger partial charge in [-0.25, -0.2) is 0 Å². The van der Waals surface area contributed by atoms with Crippen LogP contribution in [-0.4, -0.2) is 13.0 Å². The molecule has 0 spiro atoms. The minimum absolute atomic E-state index is 0.201. The molecule has 1 amide bonds. The van der Waals surface area contributed by atoms with Crippen molar-refractivity contribution in [3.05, 3.63) is 52.6 Å². The van der Waals surface area contributed by atoms with Gasteiger partial charge in [0.1, 0.15) is 11.5 Å². The number of amides is 1. The van der Waals surface area contributed by atoms with Crippen LogP contribution in [0.25, 0.3) is 0 Å². The molecule has 110 valence electrons. The second-order valence-electron chi connectivity index (χ2n) is 5.09. The van der Waals surface area contributed by atoms with Gasteiger partial charge in [0.05, 0.1) is 5.56 Å². The minimum atomic E-state index is -0.201. The van der Waals surface area contributed by atoms with Gasteiger partial charge in [0, 0.05) is 18.8 Å². The molecule has 21 heavy (non-hydrogen) atoms. The summed E-state index contributed by atoms with van der Waals surface area (Å²) in [7, 11) is 1.59. The fourth-order valence-corrected chi connectivity index (χ4v) is 2.14. The van der Waals surface area contributed by atoms with Gasteiger partial charge in [0.2, 0.25) is 0 Å². The lowest BCUT2D eigenvalue weighted by atomic mass is 10.1. The first-order chi connectivity index (χ1) is 9.93. The SMILES string of the molecule is CNC(=O)c1ccc(N)cc1Oc1c(C)ccc(C)c1C. The van der Waals surface area contributed by atoms with E-state index in [9.17, 15) is 4.79 Å². The number of nitrogens with one attached hydrogen (secondary N) is 1. The van der Waals surface area contributed by atoms with Gasteiger partial charge in [-0.05, 0) is 49.6 Å². The Morgan fingerprint density at radius 3 is 2.43 bits per heavy atom. The van der Waals surface area contributed by atoms with E-state index in [-0.39, 0.29) is 5.91 Å². The maximum atomic E-state index is 11.9. The standard InChI is InChI=1S/C17H20N2O2/c1-10-5-6-11(2)16(12(10)3)21-15-9-13(18)7-8-14(15)17(20)19-4/h5-9H,18H2,1-4H3,(H,19,20). The normalized spacial score (nSPS) is 10.3. The predicted octanol–water partition coefficient (Wildman–Crippen LogP) is 3.35. The Morgan fingerprint density at radius 1 is 1.10 bits per heavy atom. The molecule has 2 aromatic rings. The maximum Gasteiger partial charge on any atom is 0.254 e. The van der Waals surface area contributed by atoms with Crippen LogP contribution in [0.2, 0.25) is 0 Å². The zero-order valence-corrected chi connectivity index (χ0v) is 12.8. The largest absolute Gasteiger partial charge is 0.456 e. The summed E-state index contributed by atoms with van der Waals surface area (Å²) < 4.78 is 6.01. The van der Waals surface area contributed by atoms with Gasteiger partial charge in [-0.1, -0.05) is 12.1 Å². The number of anilines is 1. The van der Waals surface area contributed by atoms with E-state index >= 15 is 0 Å². The van der Waals surface area contributed by atoms with Crippen LogP contribution < -0.4 is 15.8 Å². The van der Waals surface area contributed by atoms with Crippen LogP contribution in [0.1, 0.15) is 27.0 Å². The van der Waals surface area contributed by atoms with Crippen LogP contribution >= 0.6 is 0 Å². The summed E-state index contributed by atoms with van der Waals surface area (Å²) >= 11 is 0. The summed E-state index contributed by atoms with van der Waals surface area (Å²) in [6, 6.07) is 9.09. The molecule has 3 N–H and O–H groups in total. The van der Waals surface area contributed by atoms with Gasteiger partial charge >= 0.3 is 0 Å². The number of rotatable bonds is 3. The smallest absolute Gasteiger partial charge is 0.254 e. The predicted molar refractivity (Wildman–Crippen MR) is 85.0 cm³/mol. The van der Waals surface area contributed by atoms with Crippen molar-refractivity contribution in [2.45, 2.75) is 20.8 Å². The molecule has 0 aliphatic carbocycles. The fraction of sp³-hybridized carbons (Fsp3) is 0.235. The first-order valence-electron chi connectivity index (χ1n) is 6.80. The molecule has 0 saturated carbocycles. The van der Waals surface area contributed by atoms with Crippen molar-refractivity contribution < 1.29 is 9.53 Å². The molecule has 2 aromatic carbocycles. The highest BCUT2D eigenvalue weighted by molar-refractivity contribution is 5.97. The lowest BCUT2D eigenvalue weighted by molar-refractivity contribution is 0.0961. The third-order valence-corrected chi connectivity index (χ3v) is 3.56. The van der Waals surface area contributed by atoms with Gasteiger partial charge in [-0.2, -0.15) is 0 Å². The topological polar surface area (TPSA) is 64.4 Å². The zero-order chi connectivity index (χ0) is 15.6.